The van der Waals surface area contributed by atoms with E-state index in [4.69, 9.17) is 0 Å². The van der Waals surface area contributed by atoms with Crippen LogP contribution < -0.4 is 10.0 Å². The molecular weight excluding hydrogens is 395 g/mol. The second-order valence-corrected chi connectivity index (χ2v) is 7.84. The van der Waals surface area contributed by atoms with Gasteiger partial charge in [-0.2, -0.15) is 0 Å². The second kappa shape index (κ2) is 8.76. The number of benzene rings is 3. The van der Waals surface area contributed by atoms with Crippen LogP contribution in [0.3, 0.4) is 0 Å². The maximum atomic E-state index is 13.7. The first kappa shape index (κ1) is 20.4. The molecule has 6 nitrogen and oxygen atoms in total. The Morgan fingerprint density at radius 3 is 2.10 bits per heavy atom. The number of anilines is 1. The molecule has 0 fully saturated rings. The van der Waals surface area contributed by atoms with Gasteiger partial charge in [0.25, 0.3) is 5.91 Å². The van der Waals surface area contributed by atoms with Crippen LogP contribution in [0, 0.1) is 5.82 Å². The maximum absolute atomic E-state index is 13.7. The van der Waals surface area contributed by atoms with E-state index in [1.165, 1.54) is 48.5 Å². The highest BCUT2D eigenvalue weighted by molar-refractivity contribution is 7.89. The van der Waals surface area contributed by atoms with Crippen molar-refractivity contribution in [3.8, 4) is 0 Å². The molecule has 3 rings (SSSR count). The smallest absolute Gasteiger partial charge is 0.258 e. The average Bonchev–Trinajstić information content (AvgIpc) is 2.73. The molecule has 29 heavy (non-hydrogen) atoms. The Kier molecular flexibility index (Phi) is 6.16. The highest BCUT2D eigenvalue weighted by atomic mass is 32.2. The van der Waals surface area contributed by atoms with E-state index in [9.17, 15) is 22.4 Å². The predicted molar refractivity (Wildman–Crippen MR) is 107 cm³/mol. The molecule has 3 aromatic carbocycles. The third kappa shape index (κ3) is 5.13. The monoisotopic (exact) mass is 412 g/mol. The Hall–Kier alpha value is -3.36. The lowest BCUT2D eigenvalue weighted by Crippen LogP contribution is -2.29. The first-order chi connectivity index (χ1) is 13.9. The lowest BCUT2D eigenvalue weighted by Gasteiger charge is -2.09. The van der Waals surface area contributed by atoms with Gasteiger partial charge in [0.1, 0.15) is 5.82 Å². The summed E-state index contributed by atoms with van der Waals surface area (Å²) in [5, 5.41) is 2.50. The molecular formula is C21H17FN2O4S. The van der Waals surface area contributed by atoms with Gasteiger partial charge < -0.3 is 5.32 Å². The molecule has 2 N–H and O–H groups in total. The van der Waals surface area contributed by atoms with Crippen LogP contribution in [0.25, 0.3) is 0 Å². The highest BCUT2D eigenvalue weighted by Crippen LogP contribution is 2.16. The fourth-order valence-corrected chi connectivity index (χ4v) is 3.51. The fourth-order valence-electron chi connectivity index (χ4n) is 2.53. The van der Waals surface area contributed by atoms with E-state index in [2.05, 4.69) is 10.0 Å². The quantitative estimate of drug-likeness (QED) is 0.583. The normalized spacial score (nSPS) is 11.1. The first-order valence-electron chi connectivity index (χ1n) is 8.61. The van der Waals surface area contributed by atoms with Gasteiger partial charge in [-0.25, -0.2) is 17.5 Å². The van der Waals surface area contributed by atoms with E-state index >= 15 is 0 Å². The van der Waals surface area contributed by atoms with E-state index in [1.807, 2.05) is 0 Å². The van der Waals surface area contributed by atoms with Gasteiger partial charge in [-0.3, -0.25) is 9.59 Å². The minimum atomic E-state index is -3.91. The number of amides is 1. The summed E-state index contributed by atoms with van der Waals surface area (Å²) in [6, 6.07) is 19.2. The van der Waals surface area contributed by atoms with Crippen molar-refractivity contribution in [1.29, 1.82) is 0 Å². The third-order valence-corrected chi connectivity index (χ3v) is 5.48. The number of rotatable bonds is 7. The molecule has 0 aliphatic rings. The molecule has 1 amide bonds. The summed E-state index contributed by atoms with van der Waals surface area (Å²) in [7, 11) is -3.91. The van der Waals surface area contributed by atoms with Gasteiger partial charge in [-0.15, -0.1) is 0 Å². The Balaban J connectivity index is 1.65. The zero-order valence-corrected chi connectivity index (χ0v) is 15.9. The molecule has 8 heteroatoms. The Morgan fingerprint density at radius 2 is 1.45 bits per heavy atom. The zero-order valence-electron chi connectivity index (χ0n) is 15.1. The number of nitrogens with one attached hydrogen (secondary N) is 2. The molecule has 0 aromatic heterocycles. The Labute approximate surface area is 167 Å². The van der Waals surface area contributed by atoms with Crippen LogP contribution in [0.1, 0.15) is 20.7 Å². The Bertz CT molecular complexity index is 1130. The summed E-state index contributed by atoms with van der Waals surface area (Å²) in [6.45, 7) is -0.377. The molecule has 0 saturated carbocycles. The van der Waals surface area contributed by atoms with Crippen LogP contribution in [0.15, 0.2) is 83.8 Å². The number of hydrogen-bond donors (Lipinski definition) is 2. The van der Waals surface area contributed by atoms with Crippen molar-refractivity contribution in [2.75, 3.05) is 11.9 Å². The summed E-state index contributed by atoms with van der Waals surface area (Å²) in [4.78, 5) is 24.1. The van der Waals surface area contributed by atoms with Gasteiger partial charge in [-0.05, 0) is 36.4 Å². The highest BCUT2D eigenvalue weighted by Gasteiger charge is 2.17. The van der Waals surface area contributed by atoms with E-state index in [0.29, 0.717) is 11.3 Å². The summed E-state index contributed by atoms with van der Waals surface area (Å²) >= 11 is 0. The van der Waals surface area contributed by atoms with Crippen LogP contribution >= 0.6 is 0 Å². The molecule has 0 atom stereocenters. The van der Waals surface area contributed by atoms with Crippen LogP contribution in [0.2, 0.25) is 0 Å². The third-order valence-electron chi connectivity index (χ3n) is 4.06. The number of carbonyl (C=O) groups is 2. The lowest BCUT2D eigenvalue weighted by molar-refractivity contribution is 0.0994. The SMILES string of the molecule is O=C(CNS(=O)(=O)c1ccc(NC(=O)c2ccccc2F)cc1)c1ccccc1. The van der Waals surface area contributed by atoms with Gasteiger partial charge >= 0.3 is 0 Å². The average molecular weight is 412 g/mol. The van der Waals surface area contributed by atoms with Gasteiger partial charge in [-0.1, -0.05) is 42.5 Å². The molecule has 148 valence electrons. The van der Waals surface area contributed by atoms with Crippen molar-refractivity contribution < 1.29 is 22.4 Å². The number of carbonyl (C=O) groups excluding carboxylic acids is 2. The molecule has 0 radical (unpaired) electrons. The van der Waals surface area contributed by atoms with E-state index in [0.717, 1.165) is 0 Å². The van der Waals surface area contributed by atoms with E-state index in [1.54, 1.807) is 30.3 Å². The van der Waals surface area contributed by atoms with Gasteiger partial charge in [0.2, 0.25) is 10.0 Å². The summed E-state index contributed by atoms with van der Waals surface area (Å²) in [5.41, 5.74) is 0.587. The van der Waals surface area contributed by atoms with Crippen molar-refractivity contribution in [3.63, 3.8) is 0 Å². The van der Waals surface area contributed by atoms with Crippen LogP contribution in [0.5, 0.6) is 0 Å². The number of ketones is 1. The predicted octanol–water partition coefficient (Wildman–Crippen LogP) is 3.24. The minimum absolute atomic E-state index is 0.0674. The van der Waals surface area contributed by atoms with E-state index < -0.39 is 21.7 Å². The molecule has 0 unspecified atom stereocenters. The molecule has 0 saturated heterocycles. The van der Waals surface area contributed by atoms with Gasteiger partial charge in [0, 0.05) is 11.3 Å². The van der Waals surface area contributed by atoms with Gasteiger partial charge in [0.15, 0.2) is 5.78 Å². The van der Waals surface area contributed by atoms with Crippen molar-refractivity contribution in [1.82, 2.24) is 4.72 Å². The zero-order chi connectivity index (χ0) is 20.9. The maximum Gasteiger partial charge on any atom is 0.258 e. The minimum Gasteiger partial charge on any atom is -0.322 e. The fraction of sp³-hybridized carbons (Fsp3) is 0.0476. The van der Waals surface area contributed by atoms with Gasteiger partial charge in [0.05, 0.1) is 17.0 Å². The number of halogens is 1. The topological polar surface area (TPSA) is 92.3 Å². The largest absolute Gasteiger partial charge is 0.322 e. The summed E-state index contributed by atoms with van der Waals surface area (Å²) in [6.07, 6.45) is 0. The standard InChI is InChI=1S/C21H17FN2O4S/c22-19-9-5-4-8-18(19)21(26)24-16-10-12-17(13-11-16)29(27,28)23-14-20(25)15-6-2-1-3-7-15/h1-13,23H,14H2,(H,24,26). The molecule has 3 aromatic rings. The van der Waals surface area contributed by atoms with Crippen molar-refractivity contribution in [2.45, 2.75) is 4.90 Å². The van der Waals surface area contributed by atoms with Crippen molar-refractivity contribution >= 4 is 27.4 Å². The Morgan fingerprint density at radius 1 is 0.828 bits per heavy atom. The van der Waals surface area contributed by atoms with Crippen molar-refractivity contribution in [2.24, 2.45) is 0 Å². The number of hydrogen-bond acceptors (Lipinski definition) is 4. The van der Waals surface area contributed by atoms with E-state index in [-0.39, 0.29) is 22.8 Å². The molecule has 0 heterocycles. The number of sulfonamides is 1. The summed E-state index contributed by atoms with van der Waals surface area (Å²) < 4.78 is 40.6. The van der Waals surface area contributed by atoms with Crippen LogP contribution in [0.4, 0.5) is 10.1 Å². The molecule has 0 spiro atoms. The second-order valence-electron chi connectivity index (χ2n) is 6.07. The molecule has 0 aliphatic carbocycles. The summed E-state index contributed by atoms with van der Waals surface area (Å²) in [5.74, 6) is -1.66. The lowest BCUT2D eigenvalue weighted by atomic mass is 10.1. The van der Waals surface area contributed by atoms with Crippen LogP contribution in [-0.2, 0) is 10.0 Å². The first-order valence-corrected chi connectivity index (χ1v) is 10.1. The molecule has 0 aliphatic heterocycles. The van der Waals surface area contributed by atoms with Crippen LogP contribution in [-0.4, -0.2) is 26.7 Å². The molecule has 0 bridgehead atoms. The van der Waals surface area contributed by atoms with Crippen molar-refractivity contribution in [3.05, 3.63) is 95.8 Å². The number of Topliss-reactive ketones (excluding diaryl/α,β-unsaturated/α-hetero) is 1.